The molecule has 1 N–H and O–H groups in total. The third kappa shape index (κ3) is 4.76. The second kappa shape index (κ2) is 9.73. The lowest BCUT2D eigenvalue weighted by atomic mass is 10.1. The monoisotopic (exact) mass is 426 g/mol. The Morgan fingerprint density at radius 1 is 1.16 bits per heavy atom. The zero-order valence-electron chi connectivity index (χ0n) is 18.7. The fraction of sp³-hybridized carbons (Fsp3) is 0.417. The number of carbonyl (C=O) groups is 2. The van der Waals surface area contributed by atoms with Crippen molar-refractivity contribution >= 4 is 17.5 Å². The molecule has 7 nitrogen and oxygen atoms in total. The molecule has 166 valence electrons. The summed E-state index contributed by atoms with van der Waals surface area (Å²) in [6.45, 7) is 6.49. The van der Waals surface area contributed by atoms with Gasteiger partial charge in [0, 0.05) is 29.4 Å². The van der Waals surface area contributed by atoms with Crippen LogP contribution in [0.25, 0.3) is 0 Å². The number of carbonyl (C=O) groups excluding carboxylic acids is 2. The molecule has 7 heteroatoms. The van der Waals surface area contributed by atoms with E-state index in [2.05, 4.69) is 12.2 Å². The molecule has 2 amide bonds. The van der Waals surface area contributed by atoms with Crippen molar-refractivity contribution in [2.24, 2.45) is 0 Å². The number of nitrogens with one attached hydrogen (secondary N) is 1. The van der Waals surface area contributed by atoms with Gasteiger partial charge in [-0.3, -0.25) is 9.59 Å². The van der Waals surface area contributed by atoms with E-state index in [4.69, 9.17) is 14.2 Å². The van der Waals surface area contributed by atoms with E-state index in [0.29, 0.717) is 41.5 Å². The molecule has 0 unspecified atom stereocenters. The largest absolute Gasteiger partial charge is 0.493 e. The van der Waals surface area contributed by atoms with Gasteiger partial charge in [-0.15, -0.1) is 0 Å². The van der Waals surface area contributed by atoms with E-state index in [1.54, 1.807) is 31.4 Å². The van der Waals surface area contributed by atoms with Gasteiger partial charge < -0.3 is 24.4 Å². The molecule has 0 radical (unpaired) electrons. The van der Waals surface area contributed by atoms with Gasteiger partial charge in [0.25, 0.3) is 11.8 Å². The minimum Gasteiger partial charge on any atom is -0.493 e. The summed E-state index contributed by atoms with van der Waals surface area (Å²) in [4.78, 5) is 27.6. The third-order valence-electron chi connectivity index (χ3n) is 5.63. The van der Waals surface area contributed by atoms with E-state index in [0.717, 1.165) is 12.0 Å². The van der Waals surface area contributed by atoms with Crippen molar-refractivity contribution in [1.82, 2.24) is 4.90 Å². The van der Waals surface area contributed by atoms with Crippen LogP contribution in [0.2, 0.25) is 0 Å². The summed E-state index contributed by atoms with van der Waals surface area (Å²) < 4.78 is 16.5. The van der Waals surface area contributed by atoms with Crippen LogP contribution in [-0.4, -0.2) is 43.1 Å². The number of methoxy groups -OCH3 is 2. The van der Waals surface area contributed by atoms with Crippen LogP contribution >= 0.6 is 0 Å². The SMILES string of the molecule is CC[C@@H](C)N1Cc2cc(NC(=O)c3ccc(OC)c(OC)c3)ccc2O[C@H](CC)C1=O. The van der Waals surface area contributed by atoms with E-state index >= 15 is 0 Å². The molecule has 0 fully saturated rings. The summed E-state index contributed by atoms with van der Waals surface area (Å²) in [6, 6.07) is 10.6. The number of nitrogens with zero attached hydrogens (tertiary/aromatic N) is 1. The molecule has 0 spiro atoms. The van der Waals surface area contributed by atoms with Gasteiger partial charge >= 0.3 is 0 Å². The van der Waals surface area contributed by atoms with Crippen LogP contribution in [-0.2, 0) is 11.3 Å². The molecular formula is C24H30N2O5. The molecule has 2 aromatic carbocycles. The number of benzene rings is 2. The molecule has 31 heavy (non-hydrogen) atoms. The normalized spacial score (nSPS) is 16.6. The number of fused-ring (bicyclic) bond motifs is 1. The highest BCUT2D eigenvalue weighted by Gasteiger charge is 2.32. The predicted molar refractivity (Wildman–Crippen MR) is 119 cm³/mol. The van der Waals surface area contributed by atoms with Gasteiger partial charge in [-0.05, 0) is 56.2 Å². The Labute approximate surface area is 183 Å². The molecule has 0 aliphatic carbocycles. The first-order valence-electron chi connectivity index (χ1n) is 10.5. The molecule has 1 aliphatic heterocycles. The topological polar surface area (TPSA) is 77.1 Å². The van der Waals surface area contributed by atoms with E-state index in [9.17, 15) is 9.59 Å². The highest BCUT2D eigenvalue weighted by atomic mass is 16.5. The van der Waals surface area contributed by atoms with Gasteiger partial charge in [-0.1, -0.05) is 13.8 Å². The van der Waals surface area contributed by atoms with Gasteiger partial charge in [0.1, 0.15) is 5.75 Å². The maximum atomic E-state index is 12.9. The highest BCUT2D eigenvalue weighted by molar-refractivity contribution is 6.04. The van der Waals surface area contributed by atoms with Gasteiger partial charge in [0.15, 0.2) is 17.6 Å². The summed E-state index contributed by atoms with van der Waals surface area (Å²) >= 11 is 0. The number of ether oxygens (including phenoxy) is 3. The zero-order chi connectivity index (χ0) is 22.5. The Morgan fingerprint density at radius 3 is 2.55 bits per heavy atom. The quantitative estimate of drug-likeness (QED) is 0.716. The van der Waals surface area contributed by atoms with Crippen LogP contribution < -0.4 is 19.5 Å². The summed E-state index contributed by atoms with van der Waals surface area (Å²) in [7, 11) is 3.08. The third-order valence-corrected chi connectivity index (χ3v) is 5.63. The number of hydrogen-bond acceptors (Lipinski definition) is 5. The van der Waals surface area contributed by atoms with Crippen molar-refractivity contribution in [1.29, 1.82) is 0 Å². The summed E-state index contributed by atoms with van der Waals surface area (Å²) in [6.07, 6.45) is 0.957. The molecule has 0 saturated heterocycles. The molecule has 0 aromatic heterocycles. The van der Waals surface area contributed by atoms with Crippen molar-refractivity contribution < 1.29 is 23.8 Å². The average Bonchev–Trinajstić information content (AvgIpc) is 2.93. The summed E-state index contributed by atoms with van der Waals surface area (Å²) in [5.41, 5.74) is 1.95. The second-order valence-electron chi connectivity index (χ2n) is 7.58. The van der Waals surface area contributed by atoms with Crippen LogP contribution in [0, 0.1) is 0 Å². The Balaban J connectivity index is 1.86. The first-order valence-corrected chi connectivity index (χ1v) is 10.5. The molecule has 2 atom stereocenters. The zero-order valence-corrected chi connectivity index (χ0v) is 18.7. The van der Waals surface area contributed by atoms with Crippen LogP contribution in [0.4, 0.5) is 5.69 Å². The highest BCUT2D eigenvalue weighted by Crippen LogP contribution is 2.31. The fourth-order valence-electron chi connectivity index (χ4n) is 3.58. The maximum absolute atomic E-state index is 12.9. The Morgan fingerprint density at radius 2 is 1.90 bits per heavy atom. The number of anilines is 1. The van der Waals surface area contributed by atoms with Gasteiger partial charge in [-0.2, -0.15) is 0 Å². The standard InChI is InChI=1S/C24H30N2O5/c1-6-15(3)26-14-17-12-18(9-11-20(17)31-19(7-2)24(26)28)25-23(27)16-8-10-21(29-4)22(13-16)30-5/h8-13,15,19H,6-7,14H2,1-5H3,(H,25,27)/t15-,19-/m1/s1. The van der Waals surface area contributed by atoms with Crippen molar-refractivity contribution in [3.05, 3.63) is 47.5 Å². The van der Waals surface area contributed by atoms with Crippen molar-refractivity contribution in [2.45, 2.75) is 52.3 Å². The first-order chi connectivity index (χ1) is 14.9. The second-order valence-corrected chi connectivity index (χ2v) is 7.58. The van der Waals surface area contributed by atoms with Crippen molar-refractivity contribution in [3.8, 4) is 17.2 Å². The molecule has 1 aliphatic rings. The van der Waals surface area contributed by atoms with Crippen molar-refractivity contribution in [3.63, 3.8) is 0 Å². The summed E-state index contributed by atoms with van der Waals surface area (Å²) in [5, 5.41) is 2.92. The molecule has 2 aromatic rings. The van der Waals surface area contributed by atoms with E-state index in [-0.39, 0.29) is 17.9 Å². The molecule has 0 saturated carbocycles. The van der Waals surface area contributed by atoms with Gasteiger partial charge in [0.05, 0.1) is 14.2 Å². The van der Waals surface area contributed by atoms with Crippen molar-refractivity contribution in [2.75, 3.05) is 19.5 Å². The van der Waals surface area contributed by atoms with Crippen LogP contribution in [0.15, 0.2) is 36.4 Å². The van der Waals surface area contributed by atoms with Crippen LogP contribution in [0.1, 0.15) is 49.5 Å². The number of rotatable bonds is 7. The Kier molecular flexibility index (Phi) is 7.05. The lowest BCUT2D eigenvalue weighted by Crippen LogP contribution is -2.43. The first kappa shape index (κ1) is 22.5. The van der Waals surface area contributed by atoms with E-state index in [1.165, 1.54) is 7.11 Å². The average molecular weight is 427 g/mol. The maximum Gasteiger partial charge on any atom is 0.264 e. The lowest BCUT2D eigenvalue weighted by molar-refractivity contribution is -0.140. The van der Waals surface area contributed by atoms with E-state index < -0.39 is 6.10 Å². The van der Waals surface area contributed by atoms with Gasteiger partial charge in [0.2, 0.25) is 0 Å². The number of hydrogen-bond donors (Lipinski definition) is 1. The molecule has 1 heterocycles. The molecule has 3 rings (SSSR count). The summed E-state index contributed by atoms with van der Waals surface area (Å²) in [5.74, 6) is 1.45. The Hall–Kier alpha value is -3.22. The Bertz CT molecular complexity index is 959. The molecular weight excluding hydrogens is 396 g/mol. The molecule has 0 bridgehead atoms. The van der Waals surface area contributed by atoms with E-state index in [1.807, 2.05) is 30.9 Å². The predicted octanol–water partition coefficient (Wildman–Crippen LogP) is 4.25. The lowest BCUT2D eigenvalue weighted by Gasteiger charge is -2.28. The smallest absolute Gasteiger partial charge is 0.264 e. The minimum absolute atomic E-state index is 0.00367. The van der Waals surface area contributed by atoms with Crippen LogP contribution in [0.3, 0.4) is 0 Å². The van der Waals surface area contributed by atoms with Crippen LogP contribution in [0.5, 0.6) is 17.2 Å². The number of amides is 2. The fourth-order valence-corrected chi connectivity index (χ4v) is 3.58. The van der Waals surface area contributed by atoms with Gasteiger partial charge in [-0.25, -0.2) is 0 Å². The minimum atomic E-state index is -0.498.